The molecule has 5 rings (SSSR count). The summed E-state index contributed by atoms with van der Waals surface area (Å²) in [7, 11) is 0. The van der Waals surface area contributed by atoms with Crippen molar-refractivity contribution < 1.29 is 32.9 Å². The van der Waals surface area contributed by atoms with Crippen LogP contribution in [0.4, 0.5) is 19.0 Å². The first-order valence-electron chi connectivity index (χ1n) is 10.8. The number of fused-ring (bicyclic) bond motifs is 1. The Balaban J connectivity index is 1.37. The molecular formula is C23H17F3N4O6Se. The van der Waals surface area contributed by atoms with Crippen molar-refractivity contribution in [3.05, 3.63) is 86.9 Å². The van der Waals surface area contributed by atoms with Gasteiger partial charge in [-0.25, -0.2) is 0 Å². The van der Waals surface area contributed by atoms with Crippen LogP contribution < -0.4 is 16.6 Å². The van der Waals surface area contributed by atoms with Crippen molar-refractivity contribution in [3.63, 3.8) is 0 Å². The Labute approximate surface area is 211 Å². The summed E-state index contributed by atoms with van der Waals surface area (Å²) in [6.45, 7) is -0.895. The zero-order chi connectivity index (χ0) is 26.5. The first-order valence-corrected chi connectivity index (χ1v) is 12.4. The van der Waals surface area contributed by atoms with Gasteiger partial charge in [-0.3, -0.25) is 0 Å². The number of nitrogens with one attached hydrogen (secondary N) is 1. The van der Waals surface area contributed by atoms with E-state index in [9.17, 15) is 32.7 Å². The molecule has 0 radical (unpaired) electrons. The Morgan fingerprint density at radius 1 is 1.19 bits per heavy atom. The van der Waals surface area contributed by atoms with E-state index >= 15 is 0 Å². The number of halogens is 3. The molecule has 3 heterocycles. The number of carbonyl (C=O) groups excluding carboxylic acids is 1. The van der Waals surface area contributed by atoms with Gasteiger partial charge in [0.15, 0.2) is 6.10 Å². The fourth-order valence-electron chi connectivity index (χ4n) is 3.92. The molecule has 10 nitrogen and oxygen atoms in total. The Morgan fingerprint density at radius 3 is 2.59 bits per heavy atom. The van der Waals surface area contributed by atoms with Crippen LogP contribution in [-0.2, 0) is 4.74 Å². The molecular weight excluding hydrogens is 564 g/mol. The summed E-state index contributed by atoms with van der Waals surface area (Å²) in [6, 6.07) is 11.7. The van der Waals surface area contributed by atoms with Gasteiger partial charge in [-0.1, -0.05) is 0 Å². The molecule has 0 bridgehead atoms. The number of aromatic nitrogens is 3. The SMILES string of the molecule is O=C(Nc1ccn([C@H]2O[C@@H](CO)[C@H](O)C2(F)F)c(=O)n1)c1ccc(-n2[se]c3ccccc3c2=O)cc1F. The van der Waals surface area contributed by atoms with Crippen LogP contribution >= 0.6 is 0 Å². The Morgan fingerprint density at radius 2 is 1.95 bits per heavy atom. The molecule has 192 valence electrons. The number of hydrogen-bond acceptors (Lipinski definition) is 7. The second kappa shape index (κ2) is 9.39. The normalized spacial score (nSPS) is 20.8. The van der Waals surface area contributed by atoms with Gasteiger partial charge in [0.1, 0.15) is 6.10 Å². The van der Waals surface area contributed by atoms with E-state index in [1.807, 2.05) is 6.07 Å². The van der Waals surface area contributed by atoms with Gasteiger partial charge < -0.3 is 14.9 Å². The van der Waals surface area contributed by atoms with E-state index in [1.165, 1.54) is 15.7 Å². The summed E-state index contributed by atoms with van der Waals surface area (Å²) < 4.78 is 51.1. The van der Waals surface area contributed by atoms with Crippen LogP contribution in [0.3, 0.4) is 0 Å². The second-order valence-electron chi connectivity index (χ2n) is 8.14. The maximum absolute atomic E-state index is 14.8. The van der Waals surface area contributed by atoms with Gasteiger partial charge in [0.25, 0.3) is 0 Å². The van der Waals surface area contributed by atoms with Crippen LogP contribution in [0.1, 0.15) is 16.6 Å². The zero-order valence-electron chi connectivity index (χ0n) is 18.5. The number of benzene rings is 2. The van der Waals surface area contributed by atoms with Crippen LogP contribution in [0, 0.1) is 5.82 Å². The van der Waals surface area contributed by atoms with Crippen molar-refractivity contribution in [2.75, 3.05) is 11.9 Å². The van der Waals surface area contributed by atoms with E-state index in [2.05, 4.69) is 10.3 Å². The van der Waals surface area contributed by atoms with Crippen molar-refractivity contribution in [3.8, 4) is 5.69 Å². The van der Waals surface area contributed by atoms with Gasteiger partial charge in [-0.2, -0.15) is 8.78 Å². The number of aliphatic hydroxyl groups excluding tert-OH is 2. The Kier molecular flexibility index (Phi) is 6.38. The molecule has 3 atom stereocenters. The monoisotopic (exact) mass is 582 g/mol. The molecule has 2 aromatic heterocycles. The van der Waals surface area contributed by atoms with Gasteiger partial charge in [0.05, 0.1) is 6.61 Å². The summed E-state index contributed by atoms with van der Waals surface area (Å²) >= 11 is -0.398. The zero-order valence-corrected chi connectivity index (χ0v) is 20.3. The molecule has 37 heavy (non-hydrogen) atoms. The third kappa shape index (κ3) is 4.32. The molecule has 0 spiro atoms. The molecule has 1 saturated heterocycles. The maximum atomic E-state index is 14.8. The van der Waals surface area contributed by atoms with Gasteiger partial charge in [-0.15, -0.1) is 0 Å². The van der Waals surface area contributed by atoms with Crippen LogP contribution in [0.15, 0.2) is 64.3 Å². The number of amides is 1. The number of alkyl halides is 2. The average Bonchev–Trinajstić information content (AvgIpc) is 3.32. The van der Waals surface area contributed by atoms with Crippen LogP contribution in [-0.4, -0.2) is 68.7 Å². The van der Waals surface area contributed by atoms with Gasteiger partial charge in [0, 0.05) is 0 Å². The van der Waals surface area contributed by atoms with Crippen LogP contribution in [0.2, 0.25) is 0 Å². The summed E-state index contributed by atoms with van der Waals surface area (Å²) in [5, 5.41) is 21.5. The number of hydrogen-bond donors (Lipinski definition) is 3. The first-order chi connectivity index (χ1) is 17.6. The molecule has 4 aromatic rings. The average molecular weight is 581 g/mol. The molecule has 1 aliphatic heterocycles. The first kappa shape index (κ1) is 25.1. The molecule has 0 saturated carbocycles. The summed E-state index contributed by atoms with van der Waals surface area (Å²) in [5.41, 5.74) is -1.63. The number of nitrogens with zero attached hydrogens (tertiary/aromatic N) is 3. The van der Waals surface area contributed by atoms with E-state index in [1.54, 1.807) is 18.2 Å². The number of anilines is 1. The number of ether oxygens (including phenoxy) is 1. The molecule has 3 N–H and O–H groups in total. The number of rotatable bonds is 5. The molecule has 2 aromatic carbocycles. The topological polar surface area (TPSA) is 136 Å². The van der Waals surface area contributed by atoms with Crippen LogP contribution in [0.5, 0.6) is 0 Å². The van der Waals surface area contributed by atoms with E-state index in [4.69, 9.17) is 9.84 Å². The van der Waals surface area contributed by atoms with Crippen molar-refractivity contribution in [1.82, 2.24) is 13.1 Å². The van der Waals surface area contributed by atoms with Crippen LogP contribution in [0.25, 0.3) is 15.3 Å². The van der Waals surface area contributed by atoms with Gasteiger partial charge in [0.2, 0.25) is 0 Å². The van der Waals surface area contributed by atoms with Crippen molar-refractivity contribution in [1.29, 1.82) is 0 Å². The standard InChI is InChI=1S/C23H17F3N4O6Se/c24-14-9-11(30-20(34)13-3-1-2-4-16(13)37-30)5-6-12(14)19(33)27-17-7-8-29(22(35)28-17)21-23(25,26)18(32)15(10-31)36-21/h1-9,15,18,21,31-32H,10H2,(H,27,28,33,35)/t15-,18-,21-/m0/s1. The predicted octanol–water partition coefficient (Wildman–Crippen LogP) is 0.882. The third-order valence-electron chi connectivity index (χ3n) is 5.81. The molecule has 0 aliphatic carbocycles. The minimum absolute atomic E-state index is 0.272. The fraction of sp³-hybridized carbons (Fsp3) is 0.217. The minimum atomic E-state index is -3.89. The van der Waals surface area contributed by atoms with E-state index in [0.717, 1.165) is 22.6 Å². The summed E-state index contributed by atoms with van der Waals surface area (Å²) in [5.74, 6) is -6.13. The Hall–Kier alpha value is -3.55. The molecule has 0 unspecified atom stereocenters. The fourth-order valence-corrected chi connectivity index (χ4v) is 6.00. The van der Waals surface area contributed by atoms with Gasteiger partial charge in [-0.05, 0) is 0 Å². The molecule has 1 amide bonds. The van der Waals surface area contributed by atoms with Crippen molar-refractivity contribution in [2.24, 2.45) is 0 Å². The molecule has 1 aliphatic rings. The van der Waals surface area contributed by atoms with Crippen molar-refractivity contribution >= 4 is 36.1 Å². The van der Waals surface area contributed by atoms with E-state index < -0.39 is 68.7 Å². The van der Waals surface area contributed by atoms with E-state index in [0.29, 0.717) is 9.95 Å². The number of aliphatic hydroxyl groups is 2. The molecule has 1 fully saturated rings. The van der Waals surface area contributed by atoms with Crippen molar-refractivity contribution in [2.45, 2.75) is 24.4 Å². The Bertz CT molecular complexity index is 1630. The quantitative estimate of drug-likeness (QED) is 0.298. The third-order valence-corrected chi connectivity index (χ3v) is 8.14. The van der Waals surface area contributed by atoms with E-state index in [-0.39, 0.29) is 17.1 Å². The number of carbonyl (C=O) groups is 1. The summed E-state index contributed by atoms with van der Waals surface area (Å²) in [6.07, 6.45) is -5.31. The van der Waals surface area contributed by atoms with Gasteiger partial charge >= 0.3 is 169 Å². The molecule has 14 heteroatoms. The summed E-state index contributed by atoms with van der Waals surface area (Å²) in [4.78, 5) is 41.1. The predicted molar refractivity (Wildman–Crippen MR) is 125 cm³/mol. The second-order valence-corrected chi connectivity index (χ2v) is 10.2.